The third kappa shape index (κ3) is 4.36. The first kappa shape index (κ1) is 20.9. The highest BCUT2D eigenvalue weighted by Crippen LogP contribution is 2.37. The van der Waals surface area contributed by atoms with Gasteiger partial charge in [0.25, 0.3) is 5.91 Å². The zero-order valence-corrected chi connectivity index (χ0v) is 18.7. The number of rotatable bonds is 6. The Hall–Kier alpha value is -3.96. The van der Waals surface area contributed by atoms with Crippen molar-refractivity contribution in [3.63, 3.8) is 0 Å². The quantitative estimate of drug-likeness (QED) is 0.389. The number of amides is 1. The van der Waals surface area contributed by atoms with Crippen LogP contribution in [-0.4, -0.2) is 27.0 Å². The summed E-state index contributed by atoms with van der Waals surface area (Å²) in [5, 5.41) is 5.59. The average Bonchev–Trinajstić information content (AvgIpc) is 3.61. The summed E-state index contributed by atoms with van der Waals surface area (Å²) in [5.74, 6) is -0.217. The summed E-state index contributed by atoms with van der Waals surface area (Å²) in [6.07, 6.45) is 7.21. The van der Waals surface area contributed by atoms with Crippen LogP contribution in [0.2, 0.25) is 0 Å². The predicted molar refractivity (Wildman–Crippen MR) is 130 cm³/mol. The molecule has 1 aliphatic heterocycles. The number of aromatic nitrogens is 3. The number of anilines is 2. The maximum atomic E-state index is 13.0. The summed E-state index contributed by atoms with van der Waals surface area (Å²) >= 11 is 1.45. The highest BCUT2D eigenvalue weighted by Gasteiger charge is 2.28. The van der Waals surface area contributed by atoms with E-state index >= 15 is 0 Å². The van der Waals surface area contributed by atoms with E-state index in [2.05, 4.69) is 44.3 Å². The molecule has 33 heavy (non-hydrogen) atoms. The third-order valence-corrected chi connectivity index (χ3v) is 6.61. The lowest BCUT2D eigenvalue weighted by atomic mass is 10.1. The molecule has 1 amide bonds. The molecule has 0 bridgehead atoms. The number of nitrogens with zero attached hydrogens (tertiary/aromatic N) is 5. The summed E-state index contributed by atoms with van der Waals surface area (Å²) in [4.78, 5) is 27.7. The molecule has 4 aromatic rings. The van der Waals surface area contributed by atoms with E-state index in [0.29, 0.717) is 23.1 Å². The van der Waals surface area contributed by atoms with Crippen LogP contribution in [0.4, 0.5) is 16.5 Å². The van der Waals surface area contributed by atoms with Gasteiger partial charge in [0, 0.05) is 42.7 Å². The Morgan fingerprint density at radius 1 is 1.21 bits per heavy atom. The second kappa shape index (κ2) is 9.27. The molecule has 0 saturated carbocycles. The van der Waals surface area contributed by atoms with Crippen molar-refractivity contribution in [3.05, 3.63) is 101 Å². The first-order chi connectivity index (χ1) is 16.2. The number of benzene rings is 1. The van der Waals surface area contributed by atoms with Gasteiger partial charge in [0.05, 0.1) is 18.3 Å². The lowest BCUT2D eigenvalue weighted by molar-refractivity contribution is 0.101. The molecule has 0 spiro atoms. The first-order valence-electron chi connectivity index (χ1n) is 10.8. The highest BCUT2D eigenvalue weighted by molar-refractivity contribution is 7.14. The second-order valence-corrected chi connectivity index (χ2v) is 8.71. The van der Waals surface area contributed by atoms with Gasteiger partial charge in [0.1, 0.15) is 5.69 Å². The molecule has 3 aromatic heterocycles. The molecule has 5 rings (SSSR count). The van der Waals surface area contributed by atoms with E-state index in [1.807, 2.05) is 34.3 Å². The van der Waals surface area contributed by atoms with E-state index < -0.39 is 0 Å². The van der Waals surface area contributed by atoms with Gasteiger partial charge in [-0.25, -0.2) is 9.83 Å². The fraction of sp³-hybridized carbons (Fsp3) is 0.200. The molecule has 4 heterocycles. The molecule has 7 nitrogen and oxygen atoms in total. The summed E-state index contributed by atoms with van der Waals surface area (Å²) in [6, 6.07) is 16.0. The van der Waals surface area contributed by atoms with Crippen molar-refractivity contribution in [1.82, 2.24) is 14.5 Å². The van der Waals surface area contributed by atoms with Gasteiger partial charge in [-0.2, -0.15) is 0 Å². The van der Waals surface area contributed by atoms with Crippen molar-refractivity contribution < 1.29 is 4.79 Å². The zero-order chi connectivity index (χ0) is 22.6. The van der Waals surface area contributed by atoms with Gasteiger partial charge in [-0.05, 0) is 48.7 Å². The van der Waals surface area contributed by atoms with E-state index in [0.717, 1.165) is 30.6 Å². The minimum Gasteiger partial charge on any atom is -0.363 e. The molecule has 0 aliphatic carbocycles. The standard InChI is InChI=1S/C25H22N6OS/c1-26-20-15-27-12-11-18(20)16-30-13-5-10-23(30)24(32)29-25-28-21(17-33-25)22-9-6-14-31(22)19-7-3-2-4-8-19/h2-5,7-8,10-13,15,17,22H,6,9,14,16H2,(H,28,29,32)/t22-/m1/s1. The zero-order valence-electron chi connectivity index (χ0n) is 17.9. The minimum absolute atomic E-state index is 0.217. The van der Waals surface area contributed by atoms with Crippen LogP contribution in [-0.2, 0) is 6.54 Å². The van der Waals surface area contributed by atoms with E-state index in [-0.39, 0.29) is 11.9 Å². The topological polar surface area (TPSA) is 67.4 Å². The summed E-state index contributed by atoms with van der Waals surface area (Å²) in [7, 11) is 0. The van der Waals surface area contributed by atoms with Gasteiger partial charge in [-0.15, -0.1) is 11.3 Å². The Balaban J connectivity index is 1.30. The van der Waals surface area contributed by atoms with Crippen molar-refractivity contribution in [2.24, 2.45) is 0 Å². The number of nitrogens with one attached hydrogen (secondary N) is 1. The van der Waals surface area contributed by atoms with Crippen LogP contribution in [0, 0.1) is 6.57 Å². The van der Waals surface area contributed by atoms with Gasteiger partial charge in [-0.3, -0.25) is 15.1 Å². The minimum atomic E-state index is -0.217. The summed E-state index contributed by atoms with van der Waals surface area (Å²) in [6.45, 7) is 8.76. The Morgan fingerprint density at radius 2 is 2.09 bits per heavy atom. The van der Waals surface area contributed by atoms with Gasteiger partial charge in [0.2, 0.25) is 5.69 Å². The SMILES string of the molecule is [C-]#[N+]c1cnccc1Cn1cccc1C(=O)Nc1nc([C@H]2CCCN2c2ccccc2)cs1. The Morgan fingerprint density at radius 3 is 2.94 bits per heavy atom. The molecule has 1 atom stereocenters. The fourth-order valence-corrected chi connectivity index (χ4v) is 5.00. The van der Waals surface area contributed by atoms with E-state index in [1.165, 1.54) is 17.0 Å². The van der Waals surface area contributed by atoms with Crippen LogP contribution >= 0.6 is 11.3 Å². The molecule has 0 unspecified atom stereocenters. The number of thiazole rings is 1. The summed E-state index contributed by atoms with van der Waals surface area (Å²) in [5.41, 5.74) is 4.02. The van der Waals surface area contributed by atoms with Crippen molar-refractivity contribution in [2.75, 3.05) is 16.8 Å². The number of para-hydroxylation sites is 1. The molecule has 1 aliphatic rings. The Kier molecular flexibility index (Phi) is 5.87. The smallest absolute Gasteiger partial charge is 0.274 e. The van der Waals surface area contributed by atoms with E-state index in [1.54, 1.807) is 18.5 Å². The van der Waals surface area contributed by atoms with Crippen LogP contribution in [0.1, 0.15) is 40.6 Å². The van der Waals surface area contributed by atoms with Crippen LogP contribution in [0.3, 0.4) is 0 Å². The number of carbonyl (C=O) groups is 1. The molecule has 164 valence electrons. The number of pyridine rings is 1. The normalized spacial score (nSPS) is 15.4. The molecular formula is C25H22N6OS. The molecule has 1 aromatic carbocycles. The molecule has 0 radical (unpaired) electrons. The lowest BCUT2D eigenvalue weighted by Crippen LogP contribution is -2.22. The van der Waals surface area contributed by atoms with Crippen LogP contribution in [0.5, 0.6) is 0 Å². The van der Waals surface area contributed by atoms with Crippen molar-refractivity contribution in [3.8, 4) is 0 Å². The molecule has 1 N–H and O–H groups in total. The van der Waals surface area contributed by atoms with Gasteiger partial charge >= 0.3 is 0 Å². The van der Waals surface area contributed by atoms with E-state index in [4.69, 9.17) is 11.6 Å². The second-order valence-electron chi connectivity index (χ2n) is 7.86. The summed E-state index contributed by atoms with van der Waals surface area (Å²) < 4.78 is 1.84. The van der Waals surface area contributed by atoms with Crippen molar-refractivity contribution >= 4 is 33.8 Å². The number of hydrogen-bond donors (Lipinski definition) is 1. The monoisotopic (exact) mass is 454 g/mol. The highest BCUT2D eigenvalue weighted by atomic mass is 32.1. The number of hydrogen-bond acceptors (Lipinski definition) is 5. The lowest BCUT2D eigenvalue weighted by Gasteiger charge is -2.25. The molecule has 1 fully saturated rings. The number of carbonyl (C=O) groups excluding carboxylic acids is 1. The first-order valence-corrected chi connectivity index (χ1v) is 11.6. The third-order valence-electron chi connectivity index (χ3n) is 5.84. The van der Waals surface area contributed by atoms with Crippen LogP contribution in [0.15, 0.2) is 72.5 Å². The largest absolute Gasteiger partial charge is 0.363 e. The maximum Gasteiger partial charge on any atom is 0.274 e. The van der Waals surface area contributed by atoms with Gasteiger partial charge in [0.15, 0.2) is 5.13 Å². The van der Waals surface area contributed by atoms with Crippen molar-refractivity contribution in [1.29, 1.82) is 0 Å². The molecule has 8 heteroatoms. The fourth-order valence-electron chi connectivity index (χ4n) is 4.25. The average molecular weight is 455 g/mol. The van der Waals surface area contributed by atoms with Crippen molar-refractivity contribution in [2.45, 2.75) is 25.4 Å². The maximum absolute atomic E-state index is 13.0. The van der Waals surface area contributed by atoms with Crippen LogP contribution < -0.4 is 10.2 Å². The predicted octanol–water partition coefficient (Wildman–Crippen LogP) is 5.53. The Labute approximate surface area is 196 Å². The Bertz CT molecular complexity index is 1310. The van der Waals surface area contributed by atoms with Crippen LogP contribution in [0.25, 0.3) is 4.85 Å². The van der Waals surface area contributed by atoms with Gasteiger partial charge in [-0.1, -0.05) is 18.2 Å². The van der Waals surface area contributed by atoms with Gasteiger partial charge < -0.3 is 9.47 Å². The van der Waals surface area contributed by atoms with E-state index in [9.17, 15) is 4.79 Å². The molecule has 1 saturated heterocycles. The molecular weight excluding hydrogens is 432 g/mol.